The highest BCUT2D eigenvalue weighted by Crippen LogP contribution is 2.41. The van der Waals surface area contributed by atoms with Crippen LogP contribution in [0.2, 0.25) is 0 Å². The molecule has 0 amide bonds. The molecule has 0 aliphatic carbocycles. The van der Waals surface area contributed by atoms with E-state index in [9.17, 15) is 0 Å². The van der Waals surface area contributed by atoms with Gasteiger partial charge in [-0.25, -0.2) is 0 Å². The fourth-order valence-electron chi connectivity index (χ4n) is 10.3. The van der Waals surface area contributed by atoms with Crippen molar-refractivity contribution in [1.29, 1.82) is 0 Å². The van der Waals surface area contributed by atoms with E-state index in [4.69, 9.17) is 4.42 Å². The quantitative estimate of drug-likeness (QED) is 0.144. The van der Waals surface area contributed by atoms with E-state index in [0.29, 0.717) is 0 Å². The molecule has 0 aliphatic heterocycles. The second-order valence-corrected chi connectivity index (χ2v) is 17.7. The maximum Gasteiger partial charge on any atom is 0.136 e. The Balaban J connectivity index is 0.847. The Bertz CT molecular complexity index is 3940. The first-order valence-corrected chi connectivity index (χ1v) is 23.6. The lowest BCUT2D eigenvalue weighted by Crippen LogP contribution is -2.10. The molecule has 13 rings (SSSR count). The lowest BCUT2D eigenvalue weighted by Gasteiger charge is -2.26. The van der Waals surface area contributed by atoms with Crippen LogP contribution in [0.15, 0.2) is 271 Å². The summed E-state index contributed by atoms with van der Waals surface area (Å²) in [5.74, 6) is 0. The number of benzene rings is 11. The van der Waals surface area contributed by atoms with Crippen molar-refractivity contribution in [1.82, 2.24) is 4.57 Å². The van der Waals surface area contributed by atoms with Crippen molar-refractivity contribution in [2.75, 3.05) is 4.90 Å². The highest BCUT2D eigenvalue weighted by atomic mass is 16.3. The molecule has 13 aromatic rings. The van der Waals surface area contributed by atoms with Gasteiger partial charge in [-0.2, -0.15) is 0 Å². The van der Waals surface area contributed by atoms with Crippen LogP contribution in [0.25, 0.3) is 105 Å². The average Bonchev–Trinajstić information content (AvgIpc) is 3.97. The van der Waals surface area contributed by atoms with E-state index >= 15 is 0 Å². The highest BCUT2D eigenvalue weighted by molar-refractivity contribution is 6.09. The smallest absolute Gasteiger partial charge is 0.136 e. The van der Waals surface area contributed by atoms with Crippen molar-refractivity contribution < 1.29 is 4.42 Å². The van der Waals surface area contributed by atoms with E-state index in [1.54, 1.807) is 0 Å². The fourth-order valence-corrected chi connectivity index (χ4v) is 10.3. The Morgan fingerprint density at radius 1 is 0.261 bits per heavy atom. The van der Waals surface area contributed by atoms with Crippen LogP contribution >= 0.6 is 0 Å². The molecule has 3 nitrogen and oxygen atoms in total. The fraction of sp³-hybridized carbons (Fsp3) is 0. The van der Waals surface area contributed by atoms with Gasteiger partial charge < -0.3 is 13.9 Å². The monoisotopic (exact) mass is 880 g/mol. The minimum Gasteiger partial charge on any atom is -0.456 e. The van der Waals surface area contributed by atoms with E-state index in [2.05, 4.69) is 264 Å². The standard InChI is InChI=1S/C66H44N2O/c1-2-14-47(15-3-1)57-20-4-5-21-58(57)48-32-39-54(40-33-48)67(56-19-13-18-51(43-56)52-34-41-62-61-24-8-11-27-65(61)69-66(62)44-52)53-35-28-45(29-36-53)49-16-12-17-50(42-49)46-30-37-55(38-31-46)68-63-25-9-6-22-59(63)60-23-7-10-26-64(60)68/h1-44H. The second-order valence-electron chi connectivity index (χ2n) is 17.7. The molecule has 3 heteroatoms. The number of furan rings is 1. The number of hydrogen-bond donors (Lipinski definition) is 0. The molecule has 2 aromatic heterocycles. The second kappa shape index (κ2) is 16.9. The molecular formula is C66H44N2O. The van der Waals surface area contributed by atoms with Crippen LogP contribution in [0, 0.1) is 0 Å². The van der Waals surface area contributed by atoms with Crippen molar-refractivity contribution in [2.24, 2.45) is 0 Å². The van der Waals surface area contributed by atoms with Gasteiger partial charge in [0.2, 0.25) is 0 Å². The maximum atomic E-state index is 6.33. The normalized spacial score (nSPS) is 11.5. The first-order valence-electron chi connectivity index (χ1n) is 23.6. The van der Waals surface area contributed by atoms with Crippen molar-refractivity contribution in [3.05, 3.63) is 267 Å². The molecule has 0 fully saturated rings. The molecule has 0 bridgehead atoms. The minimum absolute atomic E-state index is 0.887. The van der Waals surface area contributed by atoms with Crippen molar-refractivity contribution in [2.45, 2.75) is 0 Å². The van der Waals surface area contributed by atoms with Crippen molar-refractivity contribution in [3.8, 4) is 61.3 Å². The first-order chi connectivity index (χ1) is 34.2. The van der Waals surface area contributed by atoms with Gasteiger partial charge in [0, 0.05) is 44.3 Å². The topological polar surface area (TPSA) is 21.3 Å². The number of aromatic nitrogens is 1. The molecule has 0 atom stereocenters. The molecule has 0 radical (unpaired) electrons. The summed E-state index contributed by atoms with van der Waals surface area (Å²) in [6.45, 7) is 0. The number of nitrogens with zero attached hydrogens (tertiary/aromatic N) is 2. The number of rotatable bonds is 9. The van der Waals surface area contributed by atoms with Gasteiger partial charge in [0.25, 0.3) is 0 Å². The molecule has 2 heterocycles. The van der Waals surface area contributed by atoms with Crippen LogP contribution in [0.1, 0.15) is 0 Å². The summed E-state index contributed by atoms with van der Waals surface area (Å²) < 4.78 is 8.70. The minimum atomic E-state index is 0.887. The molecule has 0 saturated carbocycles. The summed E-state index contributed by atoms with van der Waals surface area (Å²) in [5, 5.41) is 4.79. The predicted molar refractivity (Wildman–Crippen MR) is 290 cm³/mol. The Morgan fingerprint density at radius 3 is 1.36 bits per heavy atom. The van der Waals surface area contributed by atoms with Crippen molar-refractivity contribution >= 4 is 60.8 Å². The average molecular weight is 881 g/mol. The maximum absolute atomic E-state index is 6.33. The van der Waals surface area contributed by atoms with Gasteiger partial charge in [-0.05, 0) is 141 Å². The number of fused-ring (bicyclic) bond motifs is 6. The highest BCUT2D eigenvalue weighted by Gasteiger charge is 2.17. The first kappa shape index (κ1) is 40.1. The third kappa shape index (κ3) is 7.25. The zero-order valence-electron chi connectivity index (χ0n) is 37.7. The van der Waals surface area contributed by atoms with Gasteiger partial charge in [-0.3, -0.25) is 0 Å². The van der Waals surface area contributed by atoms with Crippen LogP contribution in [0.5, 0.6) is 0 Å². The summed E-state index contributed by atoms with van der Waals surface area (Å²) in [5.41, 5.74) is 20.3. The number of anilines is 3. The SMILES string of the molecule is c1ccc(-c2ccccc2-c2ccc(N(c3ccc(-c4cccc(-c5ccc(-n6c7ccccc7c7ccccc76)cc5)c4)cc3)c3cccc(-c4ccc5c(c4)oc4ccccc45)c3)cc2)cc1. The van der Waals surface area contributed by atoms with Gasteiger partial charge in [0.15, 0.2) is 0 Å². The van der Waals surface area contributed by atoms with E-state index in [1.165, 1.54) is 60.8 Å². The summed E-state index contributed by atoms with van der Waals surface area (Å²) >= 11 is 0. The van der Waals surface area contributed by atoms with Crippen molar-refractivity contribution in [3.63, 3.8) is 0 Å². The number of hydrogen-bond acceptors (Lipinski definition) is 2. The van der Waals surface area contributed by atoms with Gasteiger partial charge in [-0.15, -0.1) is 0 Å². The number of para-hydroxylation sites is 3. The summed E-state index contributed by atoms with van der Waals surface area (Å²) in [6, 6.07) is 96.1. The van der Waals surface area contributed by atoms with E-state index in [1.807, 2.05) is 12.1 Å². The summed E-state index contributed by atoms with van der Waals surface area (Å²) in [4.78, 5) is 2.36. The summed E-state index contributed by atoms with van der Waals surface area (Å²) in [7, 11) is 0. The van der Waals surface area contributed by atoms with Gasteiger partial charge in [0.05, 0.1) is 11.0 Å². The Morgan fingerprint density at radius 2 is 0.710 bits per heavy atom. The van der Waals surface area contributed by atoms with Crippen LogP contribution in [-0.4, -0.2) is 4.57 Å². The van der Waals surface area contributed by atoms with E-state index in [0.717, 1.165) is 61.4 Å². The molecule has 324 valence electrons. The lowest BCUT2D eigenvalue weighted by molar-refractivity contribution is 0.669. The Labute approximate surface area is 401 Å². The molecule has 0 unspecified atom stereocenters. The van der Waals surface area contributed by atoms with E-state index < -0.39 is 0 Å². The molecular weight excluding hydrogens is 837 g/mol. The van der Waals surface area contributed by atoms with Crippen LogP contribution < -0.4 is 4.90 Å². The third-order valence-electron chi connectivity index (χ3n) is 13.6. The molecule has 0 spiro atoms. The largest absolute Gasteiger partial charge is 0.456 e. The third-order valence-corrected chi connectivity index (χ3v) is 13.6. The predicted octanol–water partition coefficient (Wildman–Crippen LogP) is 18.5. The molecule has 0 saturated heterocycles. The Kier molecular flexibility index (Phi) is 9.84. The molecule has 69 heavy (non-hydrogen) atoms. The van der Waals surface area contributed by atoms with Crippen LogP contribution in [-0.2, 0) is 0 Å². The van der Waals surface area contributed by atoms with Gasteiger partial charge in [-0.1, -0.05) is 182 Å². The molecule has 0 N–H and O–H groups in total. The van der Waals surface area contributed by atoms with Gasteiger partial charge >= 0.3 is 0 Å². The molecule has 0 aliphatic rings. The zero-order chi connectivity index (χ0) is 45.7. The lowest BCUT2D eigenvalue weighted by atomic mass is 9.94. The van der Waals surface area contributed by atoms with Crippen LogP contribution in [0.4, 0.5) is 17.1 Å². The zero-order valence-corrected chi connectivity index (χ0v) is 37.7. The molecule has 11 aromatic carbocycles. The summed E-state index contributed by atoms with van der Waals surface area (Å²) in [6.07, 6.45) is 0. The van der Waals surface area contributed by atoms with Crippen LogP contribution in [0.3, 0.4) is 0 Å². The van der Waals surface area contributed by atoms with Gasteiger partial charge in [0.1, 0.15) is 11.2 Å². The Hall–Kier alpha value is -9.18. The van der Waals surface area contributed by atoms with E-state index in [-0.39, 0.29) is 0 Å².